The molecule has 4 heteroatoms. The minimum atomic E-state index is -0.579. The molecule has 1 atom stereocenters. The largest absolute Gasteiger partial charge is 0.494 e. The summed E-state index contributed by atoms with van der Waals surface area (Å²) in [5.74, 6) is 0.948. The van der Waals surface area contributed by atoms with Crippen molar-refractivity contribution in [3.05, 3.63) is 59.7 Å². The van der Waals surface area contributed by atoms with Crippen LogP contribution in [0.4, 0.5) is 5.69 Å². The quantitative estimate of drug-likeness (QED) is 0.761. The molecule has 1 aliphatic heterocycles. The molecule has 0 saturated heterocycles. The number of fused-ring (bicyclic) bond motifs is 1. The number of carbonyl (C=O) groups excluding carboxylic acids is 1. The molecule has 0 radical (unpaired) electrons. The number of rotatable bonds is 7. The van der Waals surface area contributed by atoms with Crippen LogP contribution in [-0.4, -0.2) is 24.0 Å². The number of nitrogens with zero attached hydrogens (tertiary/aromatic N) is 1. The molecule has 1 N–H and O–H groups in total. The van der Waals surface area contributed by atoms with Gasteiger partial charge in [0.25, 0.3) is 5.91 Å². The summed E-state index contributed by atoms with van der Waals surface area (Å²) < 4.78 is 5.70. The molecule has 26 heavy (non-hydrogen) atoms. The third-order valence-electron chi connectivity index (χ3n) is 4.95. The maximum Gasteiger partial charge on any atom is 0.258 e. The van der Waals surface area contributed by atoms with Crippen molar-refractivity contribution in [1.29, 1.82) is 0 Å². The maximum absolute atomic E-state index is 13.2. The van der Waals surface area contributed by atoms with Gasteiger partial charge in [0.05, 0.1) is 12.2 Å². The average Bonchev–Trinajstić information content (AvgIpc) is 2.66. The van der Waals surface area contributed by atoms with Gasteiger partial charge in [-0.2, -0.15) is 0 Å². The molecule has 0 saturated carbocycles. The Labute approximate surface area is 156 Å². The predicted octanol–water partition coefficient (Wildman–Crippen LogP) is 5.02. The number of para-hydroxylation sites is 1. The summed E-state index contributed by atoms with van der Waals surface area (Å²) in [5.41, 5.74) is 2.10. The van der Waals surface area contributed by atoms with E-state index in [0.29, 0.717) is 6.61 Å². The van der Waals surface area contributed by atoms with E-state index in [0.717, 1.165) is 48.4 Å². The minimum absolute atomic E-state index is 0.0848. The van der Waals surface area contributed by atoms with Gasteiger partial charge in [-0.25, -0.2) is 0 Å². The number of nitrogens with one attached hydrogen (secondary N) is 1. The normalized spacial score (nSPS) is 19.0. The van der Waals surface area contributed by atoms with Crippen LogP contribution in [0.5, 0.6) is 5.75 Å². The zero-order valence-electron chi connectivity index (χ0n) is 15.9. The summed E-state index contributed by atoms with van der Waals surface area (Å²) >= 11 is 0. The Morgan fingerprint density at radius 1 is 1.04 bits per heavy atom. The fraction of sp³-hybridized carbons (Fsp3) is 0.409. The Hall–Kier alpha value is -2.49. The van der Waals surface area contributed by atoms with Crippen molar-refractivity contribution in [1.82, 2.24) is 4.90 Å². The lowest BCUT2D eigenvalue weighted by Gasteiger charge is -2.47. The number of hydrogen-bond acceptors (Lipinski definition) is 3. The number of anilines is 1. The number of hydrogen-bond donors (Lipinski definition) is 1. The van der Waals surface area contributed by atoms with Gasteiger partial charge >= 0.3 is 0 Å². The first-order valence-corrected chi connectivity index (χ1v) is 9.52. The molecule has 1 unspecified atom stereocenters. The van der Waals surface area contributed by atoms with Crippen LogP contribution in [0.1, 0.15) is 56.0 Å². The summed E-state index contributed by atoms with van der Waals surface area (Å²) in [6.07, 6.45) is 3.01. The van der Waals surface area contributed by atoms with E-state index in [-0.39, 0.29) is 5.91 Å². The van der Waals surface area contributed by atoms with Crippen LogP contribution >= 0.6 is 0 Å². The number of unbranched alkanes of at least 4 members (excludes halogenated alkanes) is 1. The third kappa shape index (κ3) is 3.41. The van der Waals surface area contributed by atoms with Gasteiger partial charge in [-0.1, -0.05) is 44.5 Å². The zero-order valence-corrected chi connectivity index (χ0v) is 15.9. The Bertz CT molecular complexity index is 757. The van der Waals surface area contributed by atoms with Crippen LogP contribution in [-0.2, 0) is 5.66 Å². The molecule has 1 aliphatic rings. The average molecular weight is 352 g/mol. The first-order chi connectivity index (χ1) is 12.6. The second-order valence-corrected chi connectivity index (χ2v) is 6.93. The van der Waals surface area contributed by atoms with E-state index in [2.05, 4.69) is 38.2 Å². The molecule has 1 amide bonds. The summed E-state index contributed by atoms with van der Waals surface area (Å²) in [6, 6.07) is 15.8. The number of ether oxygens (including phenoxy) is 1. The highest BCUT2D eigenvalue weighted by Crippen LogP contribution is 2.38. The van der Waals surface area contributed by atoms with Gasteiger partial charge < -0.3 is 15.0 Å². The minimum Gasteiger partial charge on any atom is -0.494 e. The summed E-state index contributed by atoms with van der Waals surface area (Å²) in [6.45, 7) is 7.76. The van der Waals surface area contributed by atoms with E-state index in [1.807, 2.05) is 41.3 Å². The lowest BCUT2D eigenvalue weighted by Crippen LogP contribution is -2.56. The van der Waals surface area contributed by atoms with E-state index < -0.39 is 5.66 Å². The van der Waals surface area contributed by atoms with Gasteiger partial charge in [0.2, 0.25) is 0 Å². The fourth-order valence-electron chi connectivity index (χ4n) is 3.42. The molecule has 4 nitrogen and oxygen atoms in total. The van der Waals surface area contributed by atoms with E-state index in [9.17, 15) is 4.79 Å². The molecule has 0 aliphatic carbocycles. The van der Waals surface area contributed by atoms with Crippen molar-refractivity contribution in [2.24, 2.45) is 0 Å². The van der Waals surface area contributed by atoms with Crippen molar-refractivity contribution in [2.45, 2.75) is 45.7 Å². The summed E-state index contributed by atoms with van der Waals surface area (Å²) in [5, 5.41) is 3.61. The first kappa shape index (κ1) is 18.3. The molecular weight excluding hydrogens is 324 g/mol. The Morgan fingerprint density at radius 3 is 2.46 bits per heavy atom. The Kier molecular flexibility index (Phi) is 5.50. The second kappa shape index (κ2) is 7.81. The maximum atomic E-state index is 13.2. The predicted molar refractivity (Wildman–Crippen MR) is 106 cm³/mol. The molecule has 3 rings (SSSR count). The number of carbonyl (C=O) groups is 1. The SMILES string of the molecule is CCCCN1C(=O)c2ccccc2NC1(C)c1ccc(OCCC)cc1. The number of benzene rings is 2. The first-order valence-electron chi connectivity index (χ1n) is 9.52. The van der Waals surface area contributed by atoms with Crippen molar-refractivity contribution in [3.8, 4) is 5.75 Å². The van der Waals surface area contributed by atoms with Crippen LogP contribution in [0.15, 0.2) is 48.5 Å². The second-order valence-electron chi connectivity index (χ2n) is 6.93. The summed E-state index contributed by atoms with van der Waals surface area (Å²) in [4.78, 5) is 15.1. The molecule has 0 bridgehead atoms. The van der Waals surface area contributed by atoms with Crippen molar-refractivity contribution < 1.29 is 9.53 Å². The van der Waals surface area contributed by atoms with Gasteiger partial charge in [-0.15, -0.1) is 0 Å². The molecule has 2 aromatic rings. The lowest BCUT2D eigenvalue weighted by atomic mass is 9.93. The molecule has 0 fully saturated rings. The van der Waals surface area contributed by atoms with Gasteiger partial charge in [0.15, 0.2) is 0 Å². The molecule has 2 aromatic carbocycles. The summed E-state index contributed by atoms with van der Waals surface area (Å²) in [7, 11) is 0. The van der Waals surface area contributed by atoms with Gasteiger partial charge in [-0.05, 0) is 49.6 Å². The van der Waals surface area contributed by atoms with E-state index in [1.165, 1.54) is 0 Å². The monoisotopic (exact) mass is 352 g/mol. The van der Waals surface area contributed by atoms with Crippen molar-refractivity contribution >= 4 is 11.6 Å². The van der Waals surface area contributed by atoms with Crippen LogP contribution in [0.25, 0.3) is 0 Å². The highest BCUT2D eigenvalue weighted by molar-refractivity contribution is 6.02. The standard InChI is InChI=1S/C22H28N2O2/c1-4-6-15-24-21(25)19-9-7-8-10-20(19)23-22(24,3)17-11-13-18(14-12-17)26-16-5-2/h7-14,23H,4-6,15-16H2,1-3H3. The Morgan fingerprint density at radius 2 is 1.77 bits per heavy atom. The highest BCUT2D eigenvalue weighted by atomic mass is 16.5. The van der Waals surface area contributed by atoms with Crippen LogP contribution in [0.3, 0.4) is 0 Å². The topological polar surface area (TPSA) is 41.6 Å². The van der Waals surface area contributed by atoms with E-state index in [1.54, 1.807) is 0 Å². The Balaban J connectivity index is 1.97. The molecule has 138 valence electrons. The third-order valence-corrected chi connectivity index (χ3v) is 4.95. The molecule has 0 aromatic heterocycles. The van der Waals surface area contributed by atoms with Crippen molar-refractivity contribution in [2.75, 3.05) is 18.5 Å². The van der Waals surface area contributed by atoms with E-state index in [4.69, 9.17) is 4.74 Å². The van der Waals surface area contributed by atoms with Crippen LogP contribution in [0.2, 0.25) is 0 Å². The van der Waals surface area contributed by atoms with Gasteiger partial charge in [-0.3, -0.25) is 4.79 Å². The van der Waals surface area contributed by atoms with Gasteiger partial charge in [0, 0.05) is 12.2 Å². The lowest BCUT2D eigenvalue weighted by molar-refractivity contribution is 0.0531. The van der Waals surface area contributed by atoms with E-state index >= 15 is 0 Å². The fourth-order valence-corrected chi connectivity index (χ4v) is 3.42. The van der Waals surface area contributed by atoms with Crippen LogP contribution in [0, 0.1) is 0 Å². The molecule has 1 heterocycles. The molecule has 0 spiro atoms. The number of amides is 1. The van der Waals surface area contributed by atoms with Crippen LogP contribution < -0.4 is 10.1 Å². The van der Waals surface area contributed by atoms with Gasteiger partial charge in [0.1, 0.15) is 11.4 Å². The van der Waals surface area contributed by atoms with Crippen molar-refractivity contribution in [3.63, 3.8) is 0 Å². The molecular formula is C22H28N2O2. The highest BCUT2D eigenvalue weighted by Gasteiger charge is 2.41. The smallest absolute Gasteiger partial charge is 0.258 e. The zero-order chi connectivity index (χ0) is 18.6.